The van der Waals surface area contributed by atoms with Crippen LogP contribution in [-0.4, -0.2) is 6.04 Å². The monoisotopic (exact) mass is 229 g/mol. The molecule has 0 amide bonds. The Balaban J connectivity index is 2.07. The molecule has 1 unspecified atom stereocenters. The van der Waals surface area contributed by atoms with Gasteiger partial charge in [-0.2, -0.15) is 0 Å². The van der Waals surface area contributed by atoms with Gasteiger partial charge in [0.1, 0.15) is 5.82 Å². The van der Waals surface area contributed by atoms with Gasteiger partial charge in [0.05, 0.1) is 5.69 Å². The summed E-state index contributed by atoms with van der Waals surface area (Å²) in [6, 6.07) is 1.57. The number of benzene rings is 1. The van der Waals surface area contributed by atoms with E-state index in [4.69, 9.17) is 0 Å². The topological polar surface area (TPSA) is 12.0 Å². The number of halogens is 3. The summed E-state index contributed by atoms with van der Waals surface area (Å²) in [5.41, 5.74) is -0.0920. The van der Waals surface area contributed by atoms with Gasteiger partial charge in [-0.25, -0.2) is 13.2 Å². The minimum atomic E-state index is -1.15. The van der Waals surface area contributed by atoms with Gasteiger partial charge in [-0.15, -0.1) is 0 Å². The van der Waals surface area contributed by atoms with Crippen LogP contribution in [0.4, 0.5) is 18.9 Å². The minimum absolute atomic E-state index is 0.0307. The van der Waals surface area contributed by atoms with Crippen LogP contribution in [0.1, 0.15) is 26.2 Å². The largest absolute Gasteiger partial charge is 0.380 e. The molecule has 4 heteroatoms. The molecule has 0 bridgehead atoms. The van der Waals surface area contributed by atoms with E-state index >= 15 is 0 Å². The fourth-order valence-corrected chi connectivity index (χ4v) is 1.84. The Labute approximate surface area is 92.7 Å². The zero-order chi connectivity index (χ0) is 11.7. The lowest BCUT2D eigenvalue weighted by Crippen LogP contribution is -2.17. The van der Waals surface area contributed by atoms with E-state index < -0.39 is 17.5 Å². The molecule has 1 N–H and O–H groups in total. The Kier molecular flexibility index (Phi) is 3.08. The van der Waals surface area contributed by atoms with Crippen LogP contribution < -0.4 is 5.32 Å². The molecule has 1 aromatic rings. The van der Waals surface area contributed by atoms with Gasteiger partial charge in [0.15, 0.2) is 11.6 Å². The smallest absolute Gasteiger partial charge is 0.182 e. The van der Waals surface area contributed by atoms with Crippen molar-refractivity contribution in [3.05, 3.63) is 29.6 Å². The molecule has 1 aliphatic rings. The molecule has 0 heterocycles. The predicted molar refractivity (Wildman–Crippen MR) is 56.7 cm³/mol. The number of rotatable bonds is 4. The highest BCUT2D eigenvalue weighted by molar-refractivity contribution is 5.46. The summed E-state index contributed by atoms with van der Waals surface area (Å²) in [5, 5.41) is 2.81. The van der Waals surface area contributed by atoms with Crippen molar-refractivity contribution >= 4 is 5.69 Å². The first kappa shape index (κ1) is 11.3. The lowest BCUT2D eigenvalue weighted by molar-refractivity contribution is 0.495. The Morgan fingerprint density at radius 2 is 2.00 bits per heavy atom. The van der Waals surface area contributed by atoms with Crippen molar-refractivity contribution in [1.82, 2.24) is 0 Å². The quantitative estimate of drug-likeness (QED) is 0.776. The second-order valence-electron chi connectivity index (χ2n) is 4.47. The van der Waals surface area contributed by atoms with E-state index in [0.717, 1.165) is 12.5 Å². The molecule has 1 aliphatic carbocycles. The molecule has 0 aliphatic heterocycles. The van der Waals surface area contributed by atoms with Crippen LogP contribution in [0.2, 0.25) is 0 Å². The molecule has 1 saturated carbocycles. The number of hydrogen-bond acceptors (Lipinski definition) is 1. The van der Waals surface area contributed by atoms with Crippen molar-refractivity contribution in [2.24, 2.45) is 5.92 Å². The van der Waals surface area contributed by atoms with E-state index in [1.54, 1.807) is 0 Å². The van der Waals surface area contributed by atoms with Gasteiger partial charge >= 0.3 is 0 Å². The molecule has 1 nitrogen and oxygen atoms in total. The van der Waals surface area contributed by atoms with Crippen LogP contribution in [-0.2, 0) is 0 Å². The van der Waals surface area contributed by atoms with Crippen molar-refractivity contribution in [3.63, 3.8) is 0 Å². The SMILES string of the molecule is CC(CC1CC1)Nc1cc(F)cc(F)c1F. The van der Waals surface area contributed by atoms with Gasteiger partial charge in [-0.3, -0.25) is 0 Å². The van der Waals surface area contributed by atoms with Crippen LogP contribution in [0.3, 0.4) is 0 Å². The molecule has 16 heavy (non-hydrogen) atoms. The minimum Gasteiger partial charge on any atom is -0.380 e. The molecule has 1 fully saturated rings. The number of hydrogen-bond donors (Lipinski definition) is 1. The highest BCUT2D eigenvalue weighted by Gasteiger charge is 2.24. The van der Waals surface area contributed by atoms with Gasteiger partial charge in [-0.1, -0.05) is 12.8 Å². The Morgan fingerprint density at radius 3 is 2.62 bits per heavy atom. The maximum absolute atomic E-state index is 13.3. The van der Waals surface area contributed by atoms with E-state index in [2.05, 4.69) is 5.32 Å². The predicted octanol–water partition coefficient (Wildman–Crippen LogP) is 3.70. The van der Waals surface area contributed by atoms with Gasteiger partial charge in [0.25, 0.3) is 0 Å². The van der Waals surface area contributed by atoms with Crippen molar-refractivity contribution in [2.75, 3.05) is 5.32 Å². The molecule has 1 atom stereocenters. The Hall–Kier alpha value is -1.19. The highest BCUT2D eigenvalue weighted by atomic mass is 19.2. The van der Waals surface area contributed by atoms with Crippen LogP contribution in [0.25, 0.3) is 0 Å². The van der Waals surface area contributed by atoms with Crippen LogP contribution in [0.15, 0.2) is 12.1 Å². The lowest BCUT2D eigenvalue weighted by atomic mass is 10.1. The molecule has 0 spiro atoms. The van der Waals surface area contributed by atoms with E-state index in [1.807, 2.05) is 6.92 Å². The third-order valence-corrected chi connectivity index (χ3v) is 2.78. The van der Waals surface area contributed by atoms with Crippen molar-refractivity contribution < 1.29 is 13.2 Å². The third kappa shape index (κ3) is 2.68. The first-order chi connectivity index (χ1) is 7.56. The zero-order valence-electron chi connectivity index (χ0n) is 9.06. The fourth-order valence-electron chi connectivity index (χ4n) is 1.84. The Bertz CT molecular complexity index is 388. The van der Waals surface area contributed by atoms with Gasteiger partial charge in [0, 0.05) is 18.2 Å². The standard InChI is InChI=1S/C12H14F3N/c1-7(4-8-2-3-8)16-11-6-9(13)5-10(14)12(11)15/h5-8,16H,2-4H2,1H3. The second kappa shape index (κ2) is 4.36. The molecule has 0 saturated heterocycles. The molecular weight excluding hydrogens is 215 g/mol. The van der Waals surface area contributed by atoms with Gasteiger partial charge in [0.2, 0.25) is 0 Å². The van der Waals surface area contributed by atoms with Crippen molar-refractivity contribution in [3.8, 4) is 0 Å². The molecule has 0 radical (unpaired) electrons. The molecule has 2 rings (SSSR count). The van der Waals surface area contributed by atoms with E-state index in [9.17, 15) is 13.2 Å². The van der Waals surface area contributed by atoms with E-state index in [0.29, 0.717) is 12.0 Å². The average Bonchev–Trinajstić information content (AvgIpc) is 2.97. The normalized spacial score (nSPS) is 17.2. The molecule has 88 valence electrons. The Morgan fingerprint density at radius 1 is 1.31 bits per heavy atom. The van der Waals surface area contributed by atoms with Gasteiger partial charge < -0.3 is 5.32 Å². The first-order valence-electron chi connectivity index (χ1n) is 5.47. The number of anilines is 1. The maximum atomic E-state index is 13.3. The number of nitrogens with one attached hydrogen (secondary N) is 1. The van der Waals surface area contributed by atoms with Crippen LogP contribution in [0, 0.1) is 23.4 Å². The van der Waals surface area contributed by atoms with Crippen LogP contribution >= 0.6 is 0 Å². The summed E-state index contributed by atoms with van der Waals surface area (Å²) < 4.78 is 39.1. The summed E-state index contributed by atoms with van der Waals surface area (Å²) in [7, 11) is 0. The van der Waals surface area contributed by atoms with Crippen molar-refractivity contribution in [1.29, 1.82) is 0 Å². The summed E-state index contributed by atoms with van der Waals surface area (Å²) in [6.45, 7) is 1.89. The summed E-state index contributed by atoms with van der Waals surface area (Å²) in [6.07, 6.45) is 3.32. The first-order valence-corrected chi connectivity index (χ1v) is 5.47. The molecule has 1 aromatic carbocycles. The summed E-state index contributed by atoms with van der Waals surface area (Å²) in [5.74, 6) is -2.24. The van der Waals surface area contributed by atoms with E-state index in [1.165, 1.54) is 12.8 Å². The average molecular weight is 229 g/mol. The highest BCUT2D eigenvalue weighted by Crippen LogP contribution is 2.34. The summed E-state index contributed by atoms with van der Waals surface area (Å²) >= 11 is 0. The second-order valence-corrected chi connectivity index (χ2v) is 4.47. The zero-order valence-corrected chi connectivity index (χ0v) is 9.06. The molecular formula is C12H14F3N. The fraction of sp³-hybridized carbons (Fsp3) is 0.500. The summed E-state index contributed by atoms with van der Waals surface area (Å²) in [4.78, 5) is 0. The van der Waals surface area contributed by atoms with Gasteiger partial charge in [-0.05, 0) is 19.3 Å². The molecule has 0 aromatic heterocycles. The lowest BCUT2D eigenvalue weighted by Gasteiger charge is -2.15. The third-order valence-electron chi connectivity index (χ3n) is 2.78. The van der Waals surface area contributed by atoms with Crippen LogP contribution in [0.5, 0.6) is 0 Å². The van der Waals surface area contributed by atoms with E-state index in [-0.39, 0.29) is 11.7 Å². The van der Waals surface area contributed by atoms with Crippen molar-refractivity contribution in [2.45, 2.75) is 32.2 Å². The maximum Gasteiger partial charge on any atom is 0.182 e.